The summed E-state index contributed by atoms with van der Waals surface area (Å²) in [5, 5.41) is 0. The molecule has 0 N–H and O–H groups in total. The molecule has 15 heavy (non-hydrogen) atoms. The highest BCUT2D eigenvalue weighted by Crippen LogP contribution is 2.26. The second kappa shape index (κ2) is 4.93. The summed E-state index contributed by atoms with van der Waals surface area (Å²) in [6.07, 6.45) is 0.230. The van der Waals surface area contributed by atoms with Crippen LogP contribution in [0.4, 0.5) is 0 Å². The zero-order valence-corrected chi connectivity index (χ0v) is 10.8. The molecule has 0 saturated carbocycles. The van der Waals surface area contributed by atoms with Crippen LogP contribution in [-0.2, 0) is 5.41 Å². The van der Waals surface area contributed by atoms with E-state index in [2.05, 4.69) is 38.6 Å². The Labute approximate surface area is 98.3 Å². The molecule has 0 heterocycles. The van der Waals surface area contributed by atoms with Gasteiger partial charge in [-0.25, -0.2) is 0 Å². The molecule has 0 aliphatic heterocycles. The van der Waals surface area contributed by atoms with Crippen LogP contribution in [0.15, 0.2) is 24.3 Å². The van der Waals surface area contributed by atoms with Crippen LogP contribution in [0.1, 0.15) is 33.3 Å². The summed E-state index contributed by atoms with van der Waals surface area (Å²) in [6, 6.07) is 8.29. The number of hydrogen-bond acceptors (Lipinski definition) is 2. The van der Waals surface area contributed by atoms with Crippen molar-refractivity contribution < 1.29 is 4.74 Å². The number of hydrogen-bond donors (Lipinski definition) is 1. The zero-order valence-electron chi connectivity index (χ0n) is 9.95. The molecule has 0 aliphatic carbocycles. The normalized spacial score (nSPS) is 11.9. The predicted molar refractivity (Wildman–Crippen MR) is 69.1 cm³/mol. The van der Waals surface area contributed by atoms with E-state index in [0.29, 0.717) is 0 Å². The van der Waals surface area contributed by atoms with Gasteiger partial charge in [-0.2, -0.15) is 12.6 Å². The van der Waals surface area contributed by atoms with Crippen LogP contribution in [-0.4, -0.2) is 11.9 Å². The molecule has 0 aromatic heterocycles. The van der Waals surface area contributed by atoms with Crippen molar-refractivity contribution in [2.24, 2.45) is 0 Å². The third-order valence-corrected chi connectivity index (χ3v) is 3.19. The van der Waals surface area contributed by atoms with Crippen LogP contribution in [0.25, 0.3) is 0 Å². The largest absolute Gasteiger partial charge is 0.491 e. The smallest absolute Gasteiger partial charge is 0.119 e. The Morgan fingerprint density at radius 3 is 2.13 bits per heavy atom. The molecule has 1 nitrogen and oxygen atoms in total. The molecule has 0 radical (unpaired) electrons. The monoisotopic (exact) mass is 224 g/mol. The Morgan fingerprint density at radius 1 is 1.20 bits per heavy atom. The van der Waals surface area contributed by atoms with Gasteiger partial charge >= 0.3 is 0 Å². The van der Waals surface area contributed by atoms with Gasteiger partial charge in [0.1, 0.15) is 5.75 Å². The molecule has 0 fully saturated rings. The molecule has 0 unspecified atom stereocenters. The van der Waals surface area contributed by atoms with Gasteiger partial charge in [0.2, 0.25) is 0 Å². The maximum atomic E-state index is 5.60. The minimum atomic E-state index is 0.124. The summed E-state index contributed by atoms with van der Waals surface area (Å²) in [7, 11) is 0. The molecule has 0 aliphatic rings. The Balaban J connectivity index is 2.81. The van der Waals surface area contributed by atoms with Crippen LogP contribution in [0.3, 0.4) is 0 Å². The Kier molecular flexibility index (Phi) is 4.09. The zero-order chi connectivity index (χ0) is 11.5. The standard InChI is InChI=1S/C13H20OS/c1-10(2)14-12-7-5-11(6-8-12)13(3,4)9-15/h5-8,10,15H,9H2,1-4H3. The van der Waals surface area contributed by atoms with E-state index in [4.69, 9.17) is 4.74 Å². The molecule has 1 aromatic rings. The van der Waals surface area contributed by atoms with Crippen LogP contribution in [0.2, 0.25) is 0 Å². The number of ether oxygens (including phenoxy) is 1. The van der Waals surface area contributed by atoms with Crippen molar-refractivity contribution in [3.05, 3.63) is 29.8 Å². The fourth-order valence-electron chi connectivity index (χ4n) is 1.35. The predicted octanol–water partition coefficient (Wildman–Crippen LogP) is 3.68. The van der Waals surface area contributed by atoms with Crippen molar-refractivity contribution in [1.82, 2.24) is 0 Å². The number of rotatable bonds is 4. The van der Waals surface area contributed by atoms with E-state index in [1.807, 2.05) is 26.0 Å². The molecule has 0 saturated heterocycles. The lowest BCUT2D eigenvalue weighted by Gasteiger charge is -2.23. The van der Waals surface area contributed by atoms with Gasteiger partial charge in [0.05, 0.1) is 6.10 Å². The molecule has 1 rings (SSSR count). The second-order valence-electron chi connectivity index (χ2n) is 4.73. The van der Waals surface area contributed by atoms with Crippen LogP contribution in [0, 0.1) is 0 Å². The highest BCUT2D eigenvalue weighted by atomic mass is 32.1. The van der Waals surface area contributed by atoms with Gasteiger partial charge in [0, 0.05) is 0 Å². The van der Waals surface area contributed by atoms with Crippen molar-refractivity contribution in [2.45, 2.75) is 39.2 Å². The third-order valence-electron chi connectivity index (χ3n) is 2.40. The summed E-state index contributed by atoms with van der Waals surface area (Å²) < 4.78 is 5.60. The molecule has 0 bridgehead atoms. The lowest BCUT2D eigenvalue weighted by molar-refractivity contribution is 0.242. The fraction of sp³-hybridized carbons (Fsp3) is 0.538. The third kappa shape index (κ3) is 3.45. The maximum absolute atomic E-state index is 5.60. The van der Waals surface area contributed by atoms with E-state index in [0.717, 1.165) is 11.5 Å². The summed E-state index contributed by atoms with van der Waals surface area (Å²) in [5.41, 5.74) is 1.42. The van der Waals surface area contributed by atoms with E-state index < -0.39 is 0 Å². The van der Waals surface area contributed by atoms with Crippen molar-refractivity contribution in [2.75, 3.05) is 5.75 Å². The average Bonchev–Trinajstić information content (AvgIpc) is 2.18. The maximum Gasteiger partial charge on any atom is 0.119 e. The lowest BCUT2D eigenvalue weighted by atomic mass is 9.87. The second-order valence-corrected chi connectivity index (χ2v) is 5.05. The minimum absolute atomic E-state index is 0.124. The van der Waals surface area contributed by atoms with E-state index in [9.17, 15) is 0 Å². The summed E-state index contributed by atoms with van der Waals surface area (Å²) in [6.45, 7) is 8.45. The van der Waals surface area contributed by atoms with Crippen molar-refractivity contribution in [3.8, 4) is 5.75 Å². The molecule has 1 aromatic carbocycles. The Hall–Kier alpha value is -0.630. The molecular weight excluding hydrogens is 204 g/mol. The molecule has 0 atom stereocenters. The first-order chi connectivity index (χ1) is 6.95. The van der Waals surface area contributed by atoms with Gasteiger partial charge in [-0.1, -0.05) is 26.0 Å². The highest BCUT2D eigenvalue weighted by molar-refractivity contribution is 7.80. The summed E-state index contributed by atoms with van der Waals surface area (Å²) >= 11 is 4.36. The fourth-order valence-corrected chi connectivity index (χ4v) is 1.53. The molecule has 2 heteroatoms. The van der Waals surface area contributed by atoms with Gasteiger partial charge in [-0.05, 0) is 42.7 Å². The first-order valence-electron chi connectivity index (χ1n) is 5.34. The van der Waals surface area contributed by atoms with Gasteiger partial charge in [-0.3, -0.25) is 0 Å². The van der Waals surface area contributed by atoms with Crippen molar-refractivity contribution in [3.63, 3.8) is 0 Å². The molecule has 0 amide bonds. The lowest BCUT2D eigenvalue weighted by Crippen LogP contribution is -2.18. The first kappa shape index (κ1) is 12.4. The Morgan fingerprint density at radius 2 is 1.73 bits per heavy atom. The van der Waals surface area contributed by atoms with Crippen LogP contribution in [0.5, 0.6) is 5.75 Å². The van der Waals surface area contributed by atoms with E-state index in [1.165, 1.54) is 5.56 Å². The van der Waals surface area contributed by atoms with Crippen LogP contribution >= 0.6 is 12.6 Å². The molecular formula is C13H20OS. The summed E-state index contributed by atoms with van der Waals surface area (Å²) in [4.78, 5) is 0. The molecule has 0 spiro atoms. The summed E-state index contributed by atoms with van der Waals surface area (Å²) in [5.74, 6) is 1.78. The SMILES string of the molecule is CC(C)Oc1ccc(C(C)(C)CS)cc1. The van der Waals surface area contributed by atoms with E-state index in [-0.39, 0.29) is 11.5 Å². The quantitative estimate of drug-likeness (QED) is 0.768. The average molecular weight is 224 g/mol. The topological polar surface area (TPSA) is 9.23 Å². The molecule has 84 valence electrons. The first-order valence-corrected chi connectivity index (χ1v) is 5.97. The van der Waals surface area contributed by atoms with Gasteiger partial charge < -0.3 is 4.74 Å². The van der Waals surface area contributed by atoms with Gasteiger partial charge in [-0.15, -0.1) is 0 Å². The van der Waals surface area contributed by atoms with E-state index >= 15 is 0 Å². The minimum Gasteiger partial charge on any atom is -0.491 e. The van der Waals surface area contributed by atoms with Gasteiger partial charge in [0.15, 0.2) is 0 Å². The number of benzene rings is 1. The van der Waals surface area contributed by atoms with Crippen molar-refractivity contribution in [1.29, 1.82) is 0 Å². The number of thiol groups is 1. The van der Waals surface area contributed by atoms with Gasteiger partial charge in [0.25, 0.3) is 0 Å². The van der Waals surface area contributed by atoms with E-state index in [1.54, 1.807) is 0 Å². The van der Waals surface area contributed by atoms with Crippen molar-refractivity contribution >= 4 is 12.6 Å². The highest BCUT2D eigenvalue weighted by Gasteiger charge is 2.18. The van der Waals surface area contributed by atoms with Crippen LogP contribution < -0.4 is 4.74 Å². The Bertz CT molecular complexity index is 301.